The van der Waals surface area contributed by atoms with Crippen LogP contribution in [0, 0.1) is 0 Å². The van der Waals surface area contributed by atoms with Gasteiger partial charge in [-0.05, 0) is 19.4 Å². The van der Waals surface area contributed by atoms with Crippen molar-refractivity contribution in [2.24, 2.45) is 5.73 Å². The maximum Gasteiger partial charge on any atom is 0.328 e. The van der Waals surface area contributed by atoms with Crippen LogP contribution in [0.2, 0.25) is 0 Å². The van der Waals surface area contributed by atoms with Crippen LogP contribution < -0.4 is 21.7 Å². The molecule has 0 aliphatic heterocycles. The zero-order valence-corrected chi connectivity index (χ0v) is 15.7. The van der Waals surface area contributed by atoms with Gasteiger partial charge in [0, 0.05) is 6.42 Å². The number of aliphatic hydroxyl groups is 1. The second-order valence-electron chi connectivity index (χ2n) is 6.31. The lowest BCUT2D eigenvalue weighted by molar-refractivity contribution is -0.145. The van der Waals surface area contributed by atoms with Gasteiger partial charge in [-0.1, -0.05) is 30.3 Å². The molecule has 10 nitrogen and oxygen atoms in total. The molecule has 0 aliphatic carbocycles. The second kappa shape index (κ2) is 11.0. The Hall–Kier alpha value is -2.98. The zero-order chi connectivity index (χ0) is 21.3. The summed E-state index contributed by atoms with van der Waals surface area (Å²) in [4.78, 5) is 47.5. The highest BCUT2D eigenvalue weighted by molar-refractivity contribution is 5.93. The van der Waals surface area contributed by atoms with Crippen molar-refractivity contribution < 1.29 is 29.4 Å². The number of carbonyl (C=O) groups excluding carboxylic acids is 3. The van der Waals surface area contributed by atoms with Crippen molar-refractivity contribution in [1.29, 1.82) is 0 Å². The molecule has 1 aromatic carbocycles. The fourth-order valence-corrected chi connectivity index (χ4v) is 2.36. The lowest BCUT2D eigenvalue weighted by atomic mass is 10.0. The van der Waals surface area contributed by atoms with Crippen molar-refractivity contribution in [3.05, 3.63) is 35.9 Å². The second-order valence-corrected chi connectivity index (χ2v) is 6.31. The Kier molecular flexibility index (Phi) is 9.06. The van der Waals surface area contributed by atoms with Gasteiger partial charge in [0.2, 0.25) is 17.7 Å². The highest BCUT2D eigenvalue weighted by Gasteiger charge is 2.30. The molecule has 4 atom stereocenters. The van der Waals surface area contributed by atoms with Gasteiger partial charge in [-0.25, -0.2) is 4.79 Å². The smallest absolute Gasteiger partial charge is 0.328 e. The van der Waals surface area contributed by atoms with E-state index in [2.05, 4.69) is 16.0 Å². The Morgan fingerprint density at radius 2 is 1.61 bits per heavy atom. The number of carbonyl (C=O) groups is 4. The van der Waals surface area contributed by atoms with Crippen LogP contribution in [0.4, 0.5) is 0 Å². The first kappa shape index (κ1) is 23.1. The number of aliphatic carboxylic acids is 1. The molecule has 0 aliphatic rings. The van der Waals surface area contributed by atoms with Crippen molar-refractivity contribution in [3.8, 4) is 0 Å². The molecule has 0 spiro atoms. The molecule has 0 aromatic heterocycles. The van der Waals surface area contributed by atoms with Gasteiger partial charge in [0.25, 0.3) is 0 Å². The number of aliphatic hydroxyl groups excluding tert-OH is 1. The lowest BCUT2D eigenvalue weighted by Crippen LogP contribution is -2.57. The van der Waals surface area contributed by atoms with Gasteiger partial charge < -0.3 is 31.9 Å². The van der Waals surface area contributed by atoms with Crippen molar-refractivity contribution in [3.63, 3.8) is 0 Å². The molecule has 0 saturated heterocycles. The average Bonchev–Trinajstić information content (AvgIpc) is 2.65. The highest BCUT2D eigenvalue weighted by atomic mass is 16.4. The number of hydrogen-bond acceptors (Lipinski definition) is 6. The number of amides is 3. The number of rotatable bonds is 10. The molecule has 4 unspecified atom stereocenters. The standard InChI is InChI=1S/C18H26N4O6/c1-10(20-14(24)9-19)16(25)21-13(8-12-6-4-3-5-7-12)17(26)22-15(11(2)23)18(27)28/h3-7,10-11,13,15,23H,8-9,19H2,1-2H3,(H,20,24)(H,21,25)(H,22,26)(H,27,28). The Labute approximate surface area is 162 Å². The molecule has 0 heterocycles. The van der Waals surface area contributed by atoms with Gasteiger partial charge in [-0.15, -0.1) is 0 Å². The number of nitrogens with one attached hydrogen (secondary N) is 3. The molecule has 10 heteroatoms. The van der Waals surface area contributed by atoms with E-state index in [0.717, 1.165) is 5.56 Å². The molecule has 0 bridgehead atoms. The summed E-state index contributed by atoms with van der Waals surface area (Å²) in [6.07, 6.45) is -1.25. The van der Waals surface area contributed by atoms with Crippen LogP contribution in [0.25, 0.3) is 0 Å². The van der Waals surface area contributed by atoms with Crippen molar-refractivity contribution in [2.45, 2.75) is 44.5 Å². The van der Waals surface area contributed by atoms with E-state index >= 15 is 0 Å². The minimum atomic E-state index is -1.53. The summed E-state index contributed by atoms with van der Waals surface area (Å²) >= 11 is 0. The average molecular weight is 394 g/mol. The predicted molar refractivity (Wildman–Crippen MR) is 100.0 cm³/mol. The lowest BCUT2D eigenvalue weighted by Gasteiger charge is -2.24. The first-order chi connectivity index (χ1) is 13.1. The van der Waals surface area contributed by atoms with Crippen LogP contribution in [0.1, 0.15) is 19.4 Å². The topological polar surface area (TPSA) is 171 Å². The summed E-state index contributed by atoms with van der Waals surface area (Å²) in [6, 6.07) is 5.19. The zero-order valence-electron chi connectivity index (χ0n) is 15.7. The van der Waals surface area contributed by atoms with Crippen LogP contribution in [0.3, 0.4) is 0 Å². The maximum absolute atomic E-state index is 12.6. The van der Waals surface area contributed by atoms with Crippen LogP contribution in [0.15, 0.2) is 30.3 Å². The van der Waals surface area contributed by atoms with Crippen molar-refractivity contribution in [2.75, 3.05) is 6.54 Å². The highest BCUT2D eigenvalue weighted by Crippen LogP contribution is 2.05. The molecule has 0 saturated carbocycles. The summed E-state index contributed by atoms with van der Waals surface area (Å²) in [5.41, 5.74) is 5.92. The van der Waals surface area contributed by atoms with Gasteiger partial charge in [0.1, 0.15) is 12.1 Å². The van der Waals surface area contributed by atoms with Crippen LogP contribution in [0.5, 0.6) is 0 Å². The molecular weight excluding hydrogens is 368 g/mol. The Balaban J connectivity index is 2.95. The Bertz CT molecular complexity index is 695. The molecule has 28 heavy (non-hydrogen) atoms. The molecule has 0 fully saturated rings. The van der Waals surface area contributed by atoms with Gasteiger partial charge in [-0.3, -0.25) is 14.4 Å². The molecule has 3 amide bonds. The molecule has 7 N–H and O–H groups in total. The first-order valence-corrected chi connectivity index (χ1v) is 8.70. The molecule has 154 valence electrons. The quantitative estimate of drug-likeness (QED) is 0.270. The van der Waals surface area contributed by atoms with E-state index in [9.17, 15) is 24.3 Å². The third-order valence-corrected chi connectivity index (χ3v) is 3.92. The fourth-order valence-electron chi connectivity index (χ4n) is 2.36. The summed E-state index contributed by atoms with van der Waals surface area (Å²) in [5.74, 6) is -3.35. The third-order valence-electron chi connectivity index (χ3n) is 3.92. The summed E-state index contributed by atoms with van der Waals surface area (Å²) in [6.45, 7) is 2.37. The molecular formula is C18H26N4O6. The summed E-state index contributed by atoms with van der Waals surface area (Å²) in [7, 11) is 0. The van der Waals surface area contributed by atoms with E-state index in [1.807, 2.05) is 0 Å². The van der Waals surface area contributed by atoms with E-state index in [4.69, 9.17) is 10.8 Å². The van der Waals surface area contributed by atoms with Crippen LogP contribution >= 0.6 is 0 Å². The summed E-state index contributed by atoms with van der Waals surface area (Å²) in [5, 5.41) is 25.8. The number of benzene rings is 1. The molecule has 1 aromatic rings. The normalized spacial score (nSPS) is 14.9. The minimum Gasteiger partial charge on any atom is -0.480 e. The summed E-state index contributed by atoms with van der Waals surface area (Å²) < 4.78 is 0. The van der Waals surface area contributed by atoms with E-state index in [-0.39, 0.29) is 13.0 Å². The van der Waals surface area contributed by atoms with E-state index in [1.54, 1.807) is 30.3 Å². The maximum atomic E-state index is 12.6. The van der Waals surface area contributed by atoms with Gasteiger partial charge in [-0.2, -0.15) is 0 Å². The molecule has 1 rings (SSSR count). The number of nitrogens with two attached hydrogens (primary N) is 1. The van der Waals surface area contributed by atoms with Crippen LogP contribution in [-0.2, 0) is 25.6 Å². The monoisotopic (exact) mass is 394 g/mol. The van der Waals surface area contributed by atoms with Crippen molar-refractivity contribution in [1.82, 2.24) is 16.0 Å². The minimum absolute atomic E-state index is 0.0854. The Morgan fingerprint density at radius 1 is 1.00 bits per heavy atom. The number of hydrogen-bond donors (Lipinski definition) is 6. The first-order valence-electron chi connectivity index (χ1n) is 8.70. The van der Waals surface area contributed by atoms with Crippen LogP contribution in [-0.4, -0.2) is 64.7 Å². The predicted octanol–water partition coefficient (Wildman–Crippen LogP) is -1.87. The third kappa shape index (κ3) is 7.33. The van der Waals surface area contributed by atoms with Gasteiger partial charge in [0.15, 0.2) is 6.04 Å². The molecule has 0 radical (unpaired) electrons. The largest absolute Gasteiger partial charge is 0.480 e. The Morgan fingerprint density at radius 3 is 2.11 bits per heavy atom. The van der Waals surface area contributed by atoms with E-state index < -0.39 is 47.9 Å². The SMILES string of the molecule is CC(NC(=O)CN)C(=O)NC(Cc1ccccc1)C(=O)NC(C(=O)O)C(C)O. The van der Waals surface area contributed by atoms with Gasteiger partial charge in [0.05, 0.1) is 12.6 Å². The van der Waals surface area contributed by atoms with Gasteiger partial charge >= 0.3 is 5.97 Å². The van der Waals surface area contributed by atoms with E-state index in [1.165, 1.54) is 13.8 Å². The number of carboxylic acids is 1. The van der Waals surface area contributed by atoms with Crippen molar-refractivity contribution >= 4 is 23.7 Å². The fraction of sp³-hybridized carbons (Fsp3) is 0.444. The number of carboxylic acid groups (broad SMARTS) is 1. The van der Waals surface area contributed by atoms with E-state index in [0.29, 0.717) is 0 Å².